The average molecular weight is 341 g/mol. The molecule has 0 spiro atoms. The highest BCUT2D eigenvalue weighted by atomic mass is 19.1. The predicted molar refractivity (Wildman–Crippen MR) is 92.4 cm³/mol. The van der Waals surface area contributed by atoms with Gasteiger partial charge in [-0.1, -0.05) is 24.3 Å². The molecule has 0 saturated heterocycles. The molecule has 25 heavy (non-hydrogen) atoms. The topological polar surface area (TPSA) is 84.2 Å². The first kappa shape index (κ1) is 17.0. The Bertz CT molecular complexity index is 807. The van der Waals surface area contributed by atoms with Crippen molar-refractivity contribution in [3.05, 3.63) is 70.5 Å². The SMILES string of the molecule is NC(=O)c1cccc(CNC(=O)NC2CCCc3cccc(F)c32)c1. The van der Waals surface area contributed by atoms with Gasteiger partial charge in [0, 0.05) is 17.7 Å². The molecule has 2 aromatic rings. The van der Waals surface area contributed by atoms with E-state index in [1.165, 1.54) is 6.07 Å². The van der Waals surface area contributed by atoms with Crippen molar-refractivity contribution in [1.29, 1.82) is 0 Å². The number of rotatable bonds is 4. The minimum Gasteiger partial charge on any atom is -0.366 e. The third-order valence-electron chi connectivity index (χ3n) is 4.40. The minimum absolute atomic E-state index is 0.254. The first-order valence-corrected chi connectivity index (χ1v) is 8.25. The Hall–Kier alpha value is -2.89. The second-order valence-corrected chi connectivity index (χ2v) is 6.15. The first-order chi connectivity index (χ1) is 12.0. The molecule has 3 rings (SSSR count). The number of benzene rings is 2. The number of fused-ring (bicyclic) bond motifs is 1. The summed E-state index contributed by atoms with van der Waals surface area (Å²) in [5, 5.41) is 5.58. The molecule has 0 saturated carbocycles. The van der Waals surface area contributed by atoms with E-state index in [0.29, 0.717) is 17.5 Å². The Kier molecular flexibility index (Phi) is 4.97. The van der Waals surface area contributed by atoms with Gasteiger partial charge < -0.3 is 16.4 Å². The van der Waals surface area contributed by atoms with E-state index in [1.807, 2.05) is 6.07 Å². The van der Waals surface area contributed by atoms with E-state index in [4.69, 9.17) is 5.73 Å². The van der Waals surface area contributed by atoms with Gasteiger partial charge in [0.2, 0.25) is 5.91 Å². The predicted octanol–water partition coefficient (Wildman–Crippen LogP) is 2.80. The smallest absolute Gasteiger partial charge is 0.315 e. The number of carbonyl (C=O) groups is 2. The zero-order valence-electron chi connectivity index (χ0n) is 13.7. The molecule has 130 valence electrons. The lowest BCUT2D eigenvalue weighted by Crippen LogP contribution is -2.39. The van der Waals surface area contributed by atoms with Gasteiger partial charge in [-0.2, -0.15) is 0 Å². The van der Waals surface area contributed by atoms with Gasteiger partial charge in [-0.25, -0.2) is 9.18 Å². The Morgan fingerprint density at radius 3 is 2.80 bits per heavy atom. The third-order valence-corrected chi connectivity index (χ3v) is 4.40. The summed E-state index contributed by atoms with van der Waals surface area (Å²) in [4.78, 5) is 23.4. The van der Waals surface area contributed by atoms with Crippen LogP contribution in [-0.2, 0) is 13.0 Å². The Morgan fingerprint density at radius 2 is 2.00 bits per heavy atom. The average Bonchev–Trinajstić information content (AvgIpc) is 2.60. The highest BCUT2D eigenvalue weighted by Crippen LogP contribution is 2.31. The quantitative estimate of drug-likeness (QED) is 0.799. The number of amides is 3. The third kappa shape index (κ3) is 3.96. The van der Waals surface area contributed by atoms with Crippen LogP contribution in [-0.4, -0.2) is 11.9 Å². The standard InChI is InChI=1S/C19H20FN3O2/c20-15-8-2-5-13-6-3-9-16(17(13)15)23-19(25)22-11-12-4-1-7-14(10-12)18(21)24/h1-2,4-5,7-8,10,16H,3,6,9,11H2,(H2,21,24)(H2,22,23,25). The van der Waals surface area contributed by atoms with Crippen LogP contribution in [0.4, 0.5) is 9.18 Å². The molecule has 4 N–H and O–H groups in total. The monoisotopic (exact) mass is 341 g/mol. The van der Waals surface area contributed by atoms with Gasteiger partial charge in [0.1, 0.15) is 5.82 Å². The number of hydrogen-bond donors (Lipinski definition) is 3. The number of halogens is 1. The highest BCUT2D eigenvalue weighted by molar-refractivity contribution is 5.92. The number of urea groups is 1. The largest absolute Gasteiger partial charge is 0.366 e. The summed E-state index contributed by atoms with van der Waals surface area (Å²) in [6.07, 6.45) is 2.44. The summed E-state index contributed by atoms with van der Waals surface area (Å²) in [7, 11) is 0. The summed E-state index contributed by atoms with van der Waals surface area (Å²) in [6.45, 7) is 0.254. The van der Waals surface area contributed by atoms with Crippen LogP contribution in [0, 0.1) is 5.82 Å². The van der Waals surface area contributed by atoms with Gasteiger partial charge in [0.25, 0.3) is 0 Å². The maximum Gasteiger partial charge on any atom is 0.315 e. The van der Waals surface area contributed by atoms with Gasteiger partial charge >= 0.3 is 6.03 Å². The molecule has 1 aliphatic rings. The van der Waals surface area contributed by atoms with Crippen LogP contribution in [0.3, 0.4) is 0 Å². The van der Waals surface area contributed by atoms with E-state index in [1.54, 1.807) is 30.3 Å². The summed E-state index contributed by atoms with van der Waals surface area (Å²) in [5.74, 6) is -0.794. The van der Waals surface area contributed by atoms with Crippen molar-refractivity contribution in [2.75, 3.05) is 0 Å². The van der Waals surface area contributed by atoms with Gasteiger partial charge in [-0.05, 0) is 48.6 Å². The molecule has 0 radical (unpaired) electrons. The molecule has 0 heterocycles. The normalized spacial score (nSPS) is 16.0. The van der Waals surface area contributed by atoms with Crippen molar-refractivity contribution in [3.63, 3.8) is 0 Å². The molecule has 3 amide bonds. The van der Waals surface area contributed by atoms with Crippen molar-refractivity contribution < 1.29 is 14.0 Å². The molecule has 6 heteroatoms. The molecule has 1 atom stereocenters. The van der Waals surface area contributed by atoms with Crippen molar-refractivity contribution in [2.24, 2.45) is 5.73 Å². The van der Waals surface area contributed by atoms with Crippen molar-refractivity contribution in [1.82, 2.24) is 10.6 Å². The Labute approximate surface area is 145 Å². The van der Waals surface area contributed by atoms with E-state index in [0.717, 1.165) is 24.0 Å². The molecule has 5 nitrogen and oxygen atoms in total. The van der Waals surface area contributed by atoms with Crippen molar-refractivity contribution in [3.8, 4) is 0 Å². The van der Waals surface area contributed by atoms with Crippen LogP contribution in [0.1, 0.15) is 45.9 Å². The molecule has 1 unspecified atom stereocenters. The number of carbonyl (C=O) groups excluding carboxylic acids is 2. The van der Waals surface area contributed by atoms with Crippen LogP contribution in [0.25, 0.3) is 0 Å². The fourth-order valence-corrected chi connectivity index (χ4v) is 3.20. The lowest BCUT2D eigenvalue weighted by molar-refractivity contribution is 0.1000. The van der Waals surface area contributed by atoms with E-state index >= 15 is 0 Å². The second-order valence-electron chi connectivity index (χ2n) is 6.15. The number of nitrogens with one attached hydrogen (secondary N) is 2. The lowest BCUT2D eigenvalue weighted by atomic mass is 9.87. The molecule has 0 fully saturated rings. The van der Waals surface area contributed by atoms with Crippen LogP contribution in [0.15, 0.2) is 42.5 Å². The summed E-state index contributed by atoms with van der Waals surface area (Å²) in [5.41, 5.74) is 7.94. The zero-order valence-corrected chi connectivity index (χ0v) is 13.7. The molecular formula is C19H20FN3O2. The van der Waals surface area contributed by atoms with Crippen LogP contribution >= 0.6 is 0 Å². The summed E-state index contributed by atoms with van der Waals surface area (Å²) < 4.78 is 14.1. The number of aryl methyl sites for hydroxylation is 1. The van der Waals surface area contributed by atoms with E-state index < -0.39 is 5.91 Å². The molecule has 1 aliphatic carbocycles. The summed E-state index contributed by atoms with van der Waals surface area (Å²) in [6, 6.07) is 11.1. The molecule has 0 aromatic heterocycles. The zero-order chi connectivity index (χ0) is 17.8. The Morgan fingerprint density at radius 1 is 1.20 bits per heavy atom. The van der Waals surface area contributed by atoms with Gasteiger partial charge in [-0.15, -0.1) is 0 Å². The lowest BCUT2D eigenvalue weighted by Gasteiger charge is -2.26. The number of primary amides is 1. The fraction of sp³-hybridized carbons (Fsp3) is 0.263. The number of hydrogen-bond acceptors (Lipinski definition) is 2. The van der Waals surface area contributed by atoms with Crippen LogP contribution in [0.5, 0.6) is 0 Å². The highest BCUT2D eigenvalue weighted by Gasteiger charge is 2.24. The second kappa shape index (κ2) is 7.34. The maximum absolute atomic E-state index is 14.1. The van der Waals surface area contributed by atoms with Crippen molar-refractivity contribution >= 4 is 11.9 Å². The van der Waals surface area contributed by atoms with Gasteiger partial charge in [0.05, 0.1) is 6.04 Å². The van der Waals surface area contributed by atoms with Gasteiger partial charge in [-0.3, -0.25) is 4.79 Å². The molecule has 0 bridgehead atoms. The minimum atomic E-state index is -0.513. The number of nitrogens with two attached hydrogens (primary N) is 1. The fourth-order valence-electron chi connectivity index (χ4n) is 3.20. The van der Waals surface area contributed by atoms with Crippen LogP contribution in [0.2, 0.25) is 0 Å². The first-order valence-electron chi connectivity index (χ1n) is 8.25. The van der Waals surface area contributed by atoms with Gasteiger partial charge in [0.15, 0.2) is 0 Å². The molecule has 0 aliphatic heterocycles. The van der Waals surface area contributed by atoms with E-state index in [2.05, 4.69) is 10.6 Å². The van der Waals surface area contributed by atoms with Crippen LogP contribution < -0.4 is 16.4 Å². The van der Waals surface area contributed by atoms with E-state index in [-0.39, 0.29) is 24.4 Å². The summed E-state index contributed by atoms with van der Waals surface area (Å²) >= 11 is 0. The van der Waals surface area contributed by atoms with E-state index in [9.17, 15) is 14.0 Å². The molecule has 2 aromatic carbocycles. The van der Waals surface area contributed by atoms with Crippen molar-refractivity contribution in [2.45, 2.75) is 31.8 Å². The molecular weight excluding hydrogens is 321 g/mol. The Balaban J connectivity index is 1.63. The maximum atomic E-state index is 14.1.